The van der Waals surface area contributed by atoms with E-state index in [2.05, 4.69) is 22.6 Å². The molecule has 1 unspecified atom stereocenters. The fourth-order valence-electron chi connectivity index (χ4n) is 5.90. The summed E-state index contributed by atoms with van der Waals surface area (Å²) in [6, 6.07) is 16.9. The quantitative estimate of drug-likeness (QED) is 0.106. The van der Waals surface area contributed by atoms with Crippen LogP contribution >= 0.6 is 0 Å². The van der Waals surface area contributed by atoms with Crippen LogP contribution in [-0.2, 0) is 35.3 Å². The molecule has 2 aromatic carbocycles. The van der Waals surface area contributed by atoms with Gasteiger partial charge in [0.05, 0.1) is 24.0 Å². The summed E-state index contributed by atoms with van der Waals surface area (Å²) in [4.78, 5) is 46.1. The number of aryl methyl sites for hydroxylation is 3. The van der Waals surface area contributed by atoms with Crippen LogP contribution in [0.4, 0.5) is 15.5 Å². The van der Waals surface area contributed by atoms with Gasteiger partial charge in [-0.25, -0.2) is 24.0 Å². The smallest absolute Gasteiger partial charge is 0.421 e. The van der Waals surface area contributed by atoms with Gasteiger partial charge in [-0.3, -0.25) is 9.48 Å². The highest BCUT2D eigenvalue weighted by Gasteiger charge is 2.34. The summed E-state index contributed by atoms with van der Waals surface area (Å²) in [7, 11) is 0. The summed E-state index contributed by atoms with van der Waals surface area (Å²) in [6.45, 7) is 15.9. The fraction of sp³-hybridized carbons (Fsp3) is 0.524. The minimum atomic E-state index is -0.764. The maximum Gasteiger partial charge on any atom is 0.421 e. The second-order valence-corrected chi connectivity index (χ2v) is 15.8. The predicted molar refractivity (Wildman–Crippen MR) is 211 cm³/mol. The first-order valence-corrected chi connectivity index (χ1v) is 19.3. The Hall–Kier alpha value is -5.00. The number of hydrogen-bond acceptors (Lipinski definition) is 8. The number of unbranched alkanes of at least 4 members (excludes halogenated alkanes) is 4. The molecule has 2 heterocycles. The van der Waals surface area contributed by atoms with Gasteiger partial charge in [0.15, 0.2) is 0 Å². The third kappa shape index (κ3) is 13.1. The van der Waals surface area contributed by atoms with Crippen LogP contribution in [0.5, 0.6) is 0 Å². The maximum absolute atomic E-state index is 13.7. The Morgan fingerprint density at radius 2 is 1.44 bits per heavy atom. The summed E-state index contributed by atoms with van der Waals surface area (Å²) in [5.41, 5.74) is 2.82. The molecule has 54 heavy (non-hydrogen) atoms. The first-order chi connectivity index (χ1) is 25.6. The van der Waals surface area contributed by atoms with Gasteiger partial charge in [-0.1, -0.05) is 73.9 Å². The van der Waals surface area contributed by atoms with E-state index < -0.39 is 29.4 Å². The van der Waals surface area contributed by atoms with E-state index in [0.717, 1.165) is 43.4 Å². The molecule has 0 spiro atoms. The molecular weight excluding hydrogens is 683 g/mol. The SMILES string of the molecule is CCCCCc1ccc(C(=O)NCCn2cc(CCCCCc3cn(C(=O)OC(C)(C)C)c(N(C(=O)OC(C)(C)C)C(C)c4ccccc4)n3)nn2)cc1. The van der Waals surface area contributed by atoms with Crippen molar-refractivity contribution in [2.75, 3.05) is 11.4 Å². The molecule has 0 saturated carbocycles. The van der Waals surface area contributed by atoms with Crippen LogP contribution in [0.15, 0.2) is 67.0 Å². The molecule has 12 heteroatoms. The summed E-state index contributed by atoms with van der Waals surface area (Å²) in [5, 5.41) is 11.5. The van der Waals surface area contributed by atoms with Gasteiger partial charge in [-0.15, -0.1) is 5.10 Å². The number of rotatable bonds is 17. The van der Waals surface area contributed by atoms with Crippen molar-refractivity contribution in [3.05, 3.63) is 95.1 Å². The number of amides is 2. The van der Waals surface area contributed by atoms with E-state index in [1.165, 1.54) is 34.3 Å². The van der Waals surface area contributed by atoms with Crippen molar-refractivity contribution in [1.82, 2.24) is 29.9 Å². The van der Waals surface area contributed by atoms with Crippen LogP contribution < -0.4 is 10.2 Å². The van der Waals surface area contributed by atoms with E-state index in [1.807, 2.05) is 67.7 Å². The largest absolute Gasteiger partial charge is 0.443 e. The van der Waals surface area contributed by atoms with Gasteiger partial charge in [0.1, 0.15) is 11.2 Å². The molecule has 0 aliphatic heterocycles. The topological polar surface area (TPSA) is 133 Å². The summed E-state index contributed by atoms with van der Waals surface area (Å²) < 4.78 is 14.6. The molecule has 0 bridgehead atoms. The minimum Gasteiger partial charge on any atom is -0.443 e. The average Bonchev–Trinajstić information content (AvgIpc) is 3.74. The van der Waals surface area contributed by atoms with E-state index in [0.29, 0.717) is 30.8 Å². The first-order valence-electron chi connectivity index (χ1n) is 19.3. The zero-order valence-corrected chi connectivity index (χ0v) is 33.4. The van der Waals surface area contributed by atoms with Crippen LogP contribution in [0, 0.1) is 0 Å². The Morgan fingerprint density at radius 1 is 0.796 bits per heavy atom. The molecule has 2 amide bonds. The average molecular weight is 742 g/mol. The normalized spacial score (nSPS) is 12.3. The molecule has 0 radical (unpaired) electrons. The molecule has 292 valence electrons. The first kappa shape index (κ1) is 41.8. The third-order valence-electron chi connectivity index (χ3n) is 8.67. The number of nitrogens with one attached hydrogen (secondary N) is 1. The number of hydrogen-bond donors (Lipinski definition) is 1. The van der Waals surface area contributed by atoms with Gasteiger partial charge in [0, 0.05) is 24.5 Å². The summed E-state index contributed by atoms with van der Waals surface area (Å²) in [6.07, 6.45) is 10.9. The predicted octanol–water partition coefficient (Wildman–Crippen LogP) is 8.88. The van der Waals surface area contributed by atoms with E-state index in [9.17, 15) is 14.4 Å². The maximum atomic E-state index is 13.7. The minimum absolute atomic E-state index is 0.0956. The lowest BCUT2D eigenvalue weighted by molar-refractivity contribution is 0.0527. The van der Waals surface area contributed by atoms with E-state index in [1.54, 1.807) is 52.4 Å². The van der Waals surface area contributed by atoms with Crippen molar-refractivity contribution in [1.29, 1.82) is 0 Å². The zero-order chi connectivity index (χ0) is 39.3. The summed E-state index contributed by atoms with van der Waals surface area (Å²) >= 11 is 0. The number of ether oxygens (including phenoxy) is 2. The number of carbonyl (C=O) groups excluding carboxylic acids is 3. The Balaban J connectivity index is 1.33. The number of benzene rings is 2. The number of nitrogens with zero attached hydrogens (tertiary/aromatic N) is 6. The van der Waals surface area contributed by atoms with Gasteiger partial charge in [0.2, 0.25) is 5.95 Å². The lowest BCUT2D eigenvalue weighted by Crippen LogP contribution is -2.41. The highest BCUT2D eigenvalue weighted by molar-refractivity contribution is 5.94. The Labute approximate surface area is 320 Å². The van der Waals surface area contributed by atoms with Crippen molar-refractivity contribution < 1.29 is 23.9 Å². The molecule has 4 rings (SSSR count). The van der Waals surface area contributed by atoms with Gasteiger partial charge < -0.3 is 14.8 Å². The standard InChI is InChI=1S/C42H59N7O5/c1-9-10-13-18-32-23-25-34(26-24-32)37(50)43-27-28-47-29-36(45-46-47)22-17-12-16-21-35-30-48(39(51)53-41(3,4)5)38(44-35)49(40(52)54-42(6,7)8)31(2)33-19-14-11-15-20-33/h11,14-15,19-20,23-26,29-31H,9-10,12-13,16-18,21-22,27-28H2,1-8H3,(H,43,50). The molecule has 0 fully saturated rings. The number of aromatic nitrogens is 5. The van der Waals surface area contributed by atoms with Crippen LogP contribution in [0.1, 0.15) is 133 Å². The molecular formula is C42H59N7O5. The molecule has 0 saturated heterocycles. The van der Waals surface area contributed by atoms with Crippen molar-refractivity contribution in [2.24, 2.45) is 0 Å². The third-order valence-corrected chi connectivity index (χ3v) is 8.67. The van der Waals surface area contributed by atoms with Gasteiger partial charge in [-0.2, -0.15) is 0 Å². The van der Waals surface area contributed by atoms with Crippen LogP contribution in [0.2, 0.25) is 0 Å². The Kier molecular flexibility index (Phi) is 15.0. The van der Waals surface area contributed by atoms with Crippen LogP contribution in [-0.4, -0.2) is 60.4 Å². The molecule has 12 nitrogen and oxygen atoms in total. The van der Waals surface area contributed by atoms with Gasteiger partial charge >= 0.3 is 12.2 Å². The highest BCUT2D eigenvalue weighted by Crippen LogP contribution is 2.30. The number of carbonyl (C=O) groups is 3. The van der Waals surface area contributed by atoms with Crippen molar-refractivity contribution in [3.8, 4) is 0 Å². The molecule has 0 aliphatic rings. The highest BCUT2D eigenvalue weighted by atomic mass is 16.6. The van der Waals surface area contributed by atoms with Crippen molar-refractivity contribution in [2.45, 2.75) is 137 Å². The number of imidazole rings is 1. The molecule has 1 atom stereocenters. The second-order valence-electron chi connectivity index (χ2n) is 15.8. The van der Waals surface area contributed by atoms with E-state index in [-0.39, 0.29) is 11.9 Å². The molecule has 0 aliphatic carbocycles. The Bertz CT molecular complexity index is 1790. The molecule has 1 N–H and O–H groups in total. The molecule has 4 aromatic rings. The lowest BCUT2D eigenvalue weighted by atomic mass is 10.1. The summed E-state index contributed by atoms with van der Waals surface area (Å²) in [5.74, 6) is 0.0510. The monoisotopic (exact) mass is 741 g/mol. The van der Waals surface area contributed by atoms with Crippen molar-refractivity contribution >= 4 is 24.0 Å². The number of anilines is 1. The van der Waals surface area contributed by atoms with E-state index >= 15 is 0 Å². The van der Waals surface area contributed by atoms with E-state index in [4.69, 9.17) is 14.5 Å². The fourth-order valence-corrected chi connectivity index (χ4v) is 5.90. The molecule has 2 aromatic heterocycles. The van der Waals surface area contributed by atoms with Crippen LogP contribution in [0.25, 0.3) is 0 Å². The van der Waals surface area contributed by atoms with Gasteiger partial charge in [-0.05, 0) is 110 Å². The van der Waals surface area contributed by atoms with Crippen molar-refractivity contribution in [3.63, 3.8) is 0 Å². The second kappa shape index (κ2) is 19.4. The Morgan fingerprint density at radius 3 is 2.09 bits per heavy atom. The lowest BCUT2D eigenvalue weighted by Gasteiger charge is -2.31. The van der Waals surface area contributed by atoms with Crippen LogP contribution in [0.3, 0.4) is 0 Å². The van der Waals surface area contributed by atoms with Gasteiger partial charge in [0.25, 0.3) is 5.91 Å². The zero-order valence-electron chi connectivity index (χ0n) is 33.4.